The van der Waals surface area contributed by atoms with Crippen LogP contribution in [0.15, 0.2) is 60.0 Å². The van der Waals surface area contributed by atoms with Crippen molar-refractivity contribution in [3.05, 3.63) is 83.0 Å². The summed E-state index contributed by atoms with van der Waals surface area (Å²) in [6.07, 6.45) is 0. The lowest BCUT2D eigenvalue weighted by Crippen LogP contribution is -2.49. The molecule has 0 bridgehead atoms. The minimum absolute atomic E-state index is 0.0168. The highest BCUT2D eigenvalue weighted by molar-refractivity contribution is 7.13. The van der Waals surface area contributed by atoms with Crippen molar-refractivity contribution in [3.63, 3.8) is 0 Å². The normalized spacial score (nSPS) is 13.8. The number of hydrogen-bond donors (Lipinski definition) is 0. The van der Waals surface area contributed by atoms with Crippen molar-refractivity contribution < 1.29 is 18.4 Å². The Morgan fingerprint density at radius 1 is 0.971 bits per heavy atom. The van der Waals surface area contributed by atoms with Gasteiger partial charge in [-0.2, -0.15) is 0 Å². The standard InChI is InChI=1S/C25H21F2N5O2S/c1-16(33)17-7-8-21(20(27)14-17)30-9-11-31(12-10-30)25(34)23-28-24(22-6-3-13-35-22)32(29-23)19-5-2-4-18(26)15-19/h2-8,13-15H,9-12H2,1H3. The summed E-state index contributed by atoms with van der Waals surface area (Å²) < 4.78 is 29.9. The Kier molecular flexibility index (Phi) is 6.12. The van der Waals surface area contributed by atoms with Gasteiger partial charge in [0, 0.05) is 31.7 Å². The quantitative estimate of drug-likeness (QED) is 0.385. The number of aromatic nitrogens is 3. The van der Waals surface area contributed by atoms with Crippen LogP contribution in [0.5, 0.6) is 0 Å². The Balaban J connectivity index is 1.36. The molecule has 0 N–H and O–H groups in total. The summed E-state index contributed by atoms with van der Waals surface area (Å²) in [6.45, 7) is 2.95. The van der Waals surface area contributed by atoms with Crippen LogP contribution >= 0.6 is 11.3 Å². The van der Waals surface area contributed by atoms with Crippen molar-refractivity contribution in [2.75, 3.05) is 31.1 Å². The number of rotatable bonds is 5. The summed E-state index contributed by atoms with van der Waals surface area (Å²) in [5, 5.41) is 6.31. The van der Waals surface area contributed by atoms with Crippen LogP contribution in [0.1, 0.15) is 27.9 Å². The molecule has 4 aromatic rings. The molecule has 7 nitrogen and oxygen atoms in total. The maximum atomic E-state index is 14.6. The average molecular weight is 494 g/mol. The van der Waals surface area contributed by atoms with Crippen molar-refractivity contribution in [2.24, 2.45) is 0 Å². The largest absolute Gasteiger partial charge is 0.366 e. The number of piperazine rings is 1. The molecule has 1 saturated heterocycles. The van der Waals surface area contributed by atoms with Crippen molar-refractivity contribution in [1.29, 1.82) is 0 Å². The van der Waals surface area contributed by atoms with Crippen LogP contribution in [0, 0.1) is 11.6 Å². The average Bonchev–Trinajstić information content (AvgIpc) is 3.54. The van der Waals surface area contributed by atoms with Crippen LogP contribution < -0.4 is 4.90 Å². The number of benzene rings is 2. The van der Waals surface area contributed by atoms with E-state index in [1.165, 1.54) is 41.1 Å². The Morgan fingerprint density at radius 3 is 2.43 bits per heavy atom. The molecule has 1 fully saturated rings. The number of thiophene rings is 1. The molecular weight excluding hydrogens is 472 g/mol. The third kappa shape index (κ3) is 4.57. The predicted octanol–water partition coefficient (Wildman–Crippen LogP) is 4.44. The number of carbonyl (C=O) groups excluding carboxylic acids is 2. The number of Topliss-reactive ketones (excluding diaryl/α,β-unsaturated/α-hetero) is 1. The van der Waals surface area contributed by atoms with Gasteiger partial charge in [0.25, 0.3) is 5.91 Å². The zero-order valence-electron chi connectivity index (χ0n) is 18.8. The van der Waals surface area contributed by atoms with Crippen LogP contribution in [0.3, 0.4) is 0 Å². The van der Waals surface area contributed by atoms with Gasteiger partial charge in [0.05, 0.1) is 16.3 Å². The zero-order valence-corrected chi connectivity index (χ0v) is 19.6. The van der Waals surface area contributed by atoms with Crippen LogP contribution in [0.4, 0.5) is 14.5 Å². The summed E-state index contributed by atoms with van der Waals surface area (Å²) >= 11 is 1.45. The van der Waals surface area contributed by atoms with Crippen LogP contribution in [-0.2, 0) is 0 Å². The number of ketones is 1. The van der Waals surface area contributed by atoms with Crippen LogP contribution in [0.2, 0.25) is 0 Å². The van der Waals surface area contributed by atoms with E-state index in [-0.39, 0.29) is 17.5 Å². The van der Waals surface area contributed by atoms with Gasteiger partial charge in [-0.15, -0.1) is 16.4 Å². The molecule has 1 aliphatic heterocycles. The lowest BCUT2D eigenvalue weighted by molar-refractivity contribution is 0.0734. The Bertz CT molecular complexity index is 1390. The third-order valence-electron chi connectivity index (χ3n) is 5.85. The van der Waals surface area contributed by atoms with E-state index in [0.717, 1.165) is 4.88 Å². The molecule has 10 heteroatoms. The van der Waals surface area contributed by atoms with Gasteiger partial charge < -0.3 is 9.80 Å². The zero-order chi connectivity index (χ0) is 24.5. The van der Waals surface area contributed by atoms with E-state index < -0.39 is 11.6 Å². The van der Waals surface area contributed by atoms with Gasteiger partial charge in [0.2, 0.25) is 5.82 Å². The minimum atomic E-state index is -0.464. The maximum Gasteiger partial charge on any atom is 0.293 e. The van der Waals surface area contributed by atoms with Gasteiger partial charge in [-0.3, -0.25) is 9.59 Å². The number of anilines is 1. The topological polar surface area (TPSA) is 71.3 Å². The van der Waals surface area contributed by atoms with Gasteiger partial charge in [-0.1, -0.05) is 12.1 Å². The fourth-order valence-corrected chi connectivity index (χ4v) is 4.73. The second kappa shape index (κ2) is 9.38. The SMILES string of the molecule is CC(=O)c1ccc(N2CCN(C(=O)c3nc(-c4cccs4)n(-c4cccc(F)c4)n3)CC2)c(F)c1. The van der Waals surface area contributed by atoms with E-state index in [2.05, 4.69) is 10.1 Å². The first kappa shape index (κ1) is 22.9. The van der Waals surface area contributed by atoms with Crippen LogP contribution in [0.25, 0.3) is 16.4 Å². The Labute approximate surface area is 204 Å². The van der Waals surface area contributed by atoms with Crippen molar-refractivity contribution in [2.45, 2.75) is 6.92 Å². The highest BCUT2D eigenvalue weighted by Crippen LogP contribution is 2.27. The molecule has 0 saturated carbocycles. The smallest absolute Gasteiger partial charge is 0.293 e. The molecule has 0 aliphatic carbocycles. The fourth-order valence-electron chi connectivity index (χ4n) is 4.03. The molecule has 178 valence electrons. The minimum Gasteiger partial charge on any atom is -0.366 e. The first-order valence-electron chi connectivity index (χ1n) is 11.0. The summed E-state index contributed by atoms with van der Waals surface area (Å²) in [5.41, 5.74) is 1.19. The highest BCUT2D eigenvalue weighted by Gasteiger charge is 2.28. The van der Waals surface area contributed by atoms with E-state index in [1.54, 1.807) is 29.2 Å². The van der Waals surface area contributed by atoms with Crippen LogP contribution in [-0.4, -0.2) is 57.5 Å². The van der Waals surface area contributed by atoms with E-state index >= 15 is 0 Å². The molecule has 1 aliphatic rings. The van der Waals surface area contributed by atoms with Gasteiger partial charge in [-0.25, -0.2) is 18.4 Å². The van der Waals surface area contributed by atoms with E-state index in [4.69, 9.17) is 0 Å². The molecule has 0 unspecified atom stereocenters. The van der Waals surface area contributed by atoms with Crippen molar-refractivity contribution >= 4 is 28.7 Å². The first-order chi connectivity index (χ1) is 16.9. The number of hydrogen-bond acceptors (Lipinski definition) is 6. The fraction of sp³-hybridized carbons (Fsp3) is 0.200. The molecule has 3 heterocycles. The van der Waals surface area contributed by atoms with Gasteiger partial charge in [0.15, 0.2) is 11.6 Å². The highest BCUT2D eigenvalue weighted by atomic mass is 32.1. The molecule has 2 aromatic heterocycles. The second-order valence-corrected chi connectivity index (χ2v) is 9.08. The van der Waals surface area contributed by atoms with Crippen molar-refractivity contribution in [3.8, 4) is 16.4 Å². The molecule has 5 rings (SSSR count). The van der Waals surface area contributed by atoms with Crippen molar-refractivity contribution in [1.82, 2.24) is 19.7 Å². The monoisotopic (exact) mass is 493 g/mol. The Morgan fingerprint density at radius 2 is 1.77 bits per heavy atom. The summed E-state index contributed by atoms with van der Waals surface area (Å²) in [7, 11) is 0. The summed E-state index contributed by atoms with van der Waals surface area (Å²) in [4.78, 5) is 33.5. The van der Waals surface area contributed by atoms with Gasteiger partial charge in [-0.05, 0) is 54.8 Å². The number of amides is 1. The number of halogens is 2. The molecule has 35 heavy (non-hydrogen) atoms. The molecule has 1 amide bonds. The maximum absolute atomic E-state index is 14.6. The lowest BCUT2D eigenvalue weighted by atomic mass is 10.1. The van der Waals surface area contributed by atoms with E-state index in [9.17, 15) is 18.4 Å². The molecular formula is C25H21F2N5O2S. The predicted molar refractivity (Wildman–Crippen MR) is 129 cm³/mol. The number of carbonyl (C=O) groups is 2. The number of nitrogens with zero attached hydrogens (tertiary/aromatic N) is 5. The molecule has 2 aromatic carbocycles. The van der Waals surface area contributed by atoms with E-state index in [1.807, 2.05) is 22.4 Å². The van der Waals surface area contributed by atoms with E-state index in [0.29, 0.717) is 48.9 Å². The van der Waals surface area contributed by atoms with Gasteiger partial charge in [0.1, 0.15) is 11.6 Å². The Hall–Kier alpha value is -3.92. The van der Waals surface area contributed by atoms with Gasteiger partial charge >= 0.3 is 0 Å². The molecule has 0 radical (unpaired) electrons. The second-order valence-electron chi connectivity index (χ2n) is 8.13. The first-order valence-corrected chi connectivity index (χ1v) is 11.9. The lowest BCUT2D eigenvalue weighted by Gasteiger charge is -2.35. The molecule has 0 atom stereocenters. The third-order valence-corrected chi connectivity index (χ3v) is 6.72. The molecule has 0 spiro atoms. The summed E-state index contributed by atoms with van der Waals surface area (Å²) in [5.74, 6) is -0.942. The summed E-state index contributed by atoms with van der Waals surface area (Å²) in [6, 6.07) is 14.1.